The minimum atomic E-state index is -0.802. The quantitative estimate of drug-likeness (QED) is 0.535. The number of nitrogens with zero attached hydrogens (tertiary/aromatic N) is 1. The van der Waals surface area contributed by atoms with E-state index in [1.807, 2.05) is 6.07 Å². The molecule has 0 aliphatic carbocycles. The summed E-state index contributed by atoms with van der Waals surface area (Å²) < 4.78 is 5.08. The van der Waals surface area contributed by atoms with Gasteiger partial charge in [-0.05, 0) is 18.2 Å². The van der Waals surface area contributed by atoms with Gasteiger partial charge in [0.15, 0.2) is 0 Å². The second kappa shape index (κ2) is 3.28. The van der Waals surface area contributed by atoms with Crippen molar-refractivity contribution in [2.24, 2.45) is 0 Å². The van der Waals surface area contributed by atoms with E-state index in [1.165, 1.54) is 0 Å². The molecule has 0 radical (unpaired) electrons. The maximum absolute atomic E-state index is 11.2. The number of hydrogen-bond donors (Lipinski definition) is 1. The number of aliphatic hydroxyl groups is 1. The summed E-state index contributed by atoms with van der Waals surface area (Å²) in [5, 5.41) is 10.7. The summed E-state index contributed by atoms with van der Waals surface area (Å²) in [6.07, 6.45) is 0.890. The number of benzene rings is 1. The van der Waals surface area contributed by atoms with Crippen molar-refractivity contribution in [1.82, 2.24) is 4.98 Å². The highest BCUT2D eigenvalue weighted by Crippen LogP contribution is 2.37. The van der Waals surface area contributed by atoms with Crippen molar-refractivity contribution >= 4 is 16.9 Å². The second-order valence-corrected chi connectivity index (χ2v) is 3.74. The number of esters is 1. The molecule has 1 atom stereocenters. The summed E-state index contributed by atoms with van der Waals surface area (Å²) in [6, 6.07) is 7.11. The molecule has 1 N–H and O–H groups in total. The van der Waals surface area contributed by atoms with Crippen molar-refractivity contribution < 1.29 is 14.6 Å². The van der Waals surface area contributed by atoms with E-state index in [1.54, 1.807) is 24.4 Å². The standard InChI is InChI=1S/C12H9NO3/c14-9-6-11(15)16-10-4-3-8-7(12(9)10)2-1-5-13-8/h1-5,9,14H,6H2. The lowest BCUT2D eigenvalue weighted by molar-refractivity contribution is -0.138. The van der Waals surface area contributed by atoms with Crippen LogP contribution in [-0.4, -0.2) is 16.1 Å². The third kappa shape index (κ3) is 1.27. The Labute approximate surface area is 91.5 Å². The van der Waals surface area contributed by atoms with Crippen molar-refractivity contribution in [2.45, 2.75) is 12.5 Å². The van der Waals surface area contributed by atoms with E-state index in [9.17, 15) is 9.90 Å². The van der Waals surface area contributed by atoms with Gasteiger partial charge in [-0.1, -0.05) is 6.07 Å². The zero-order chi connectivity index (χ0) is 11.1. The highest BCUT2D eigenvalue weighted by molar-refractivity contribution is 5.88. The molecule has 0 amide bonds. The highest BCUT2D eigenvalue weighted by atomic mass is 16.5. The molecule has 0 bridgehead atoms. The molecular formula is C12H9NO3. The van der Waals surface area contributed by atoms with Crippen LogP contribution < -0.4 is 4.74 Å². The number of carbonyl (C=O) groups excluding carboxylic acids is 1. The van der Waals surface area contributed by atoms with Crippen LogP contribution in [0.1, 0.15) is 18.1 Å². The Morgan fingerprint density at radius 1 is 1.38 bits per heavy atom. The van der Waals surface area contributed by atoms with Crippen LogP contribution in [0.4, 0.5) is 0 Å². The van der Waals surface area contributed by atoms with Gasteiger partial charge in [0.05, 0.1) is 18.0 Å². The first-order valence-corrected chi connectivity index (χ1v) is 5.02. The van der Waals surface area contributed by atoms with Gasteiger partial charge in [0.2, 0.25) is 0 Å². The summed E-state index contributed by atoms with van der Waals surface area (Å²) in [5.74, 6) is 0.0347. The van der Waals surface area contributed by atoms with E-state index in [-0.39, 0.29) is 6.42 Å². The second-order valence-electron chi connectivity index (χ2n) is 3.74. The molecule has 0 fully saturated rings. The van der Waals surface area contributed by atoms with Gasteiger partial charge in [-0.2, -0.15) is 0 Å². The van der Waals surface area contributed by atoms with E-state index < -0.39 is 12.1 Å². The van der Waals surface area contributed by atoms with Gasteiger partial charge in [-0.25, -0.2) is 0 Å². The lowest BCUT2D eigenvalue weighted by atomic mass is 9.98. The van der Waals surface area contributed by atoms with Gasteiger partial charge in [-0.3, -0.25) is 9.78 Å². The molecule has 1 unspecified atom stereocenters. The number of ether oxygens (including phenoxy) is 1. The van der Waals surface area contributed by atoms with Crippen molar-refractivity contribution in [3.63, 3.8) is 0 Å². The van der Waals surface area contributed by atoms with Crippen LogP contribution in [0.2, 0.25) is 0 Å². The minimum Gasteiger partial charge on any atom is -0.426 e. The predicted octanol–water partition coefficient (Wildman–Crippen LogP) is 1.58. The van der Waals surface area contributed by atoms with Crippen LogP contribution in [-0.2, 0) is 4.79 Å². The minimum absolute atomic E-state index is 0.001000. The van der Waals surface area contributed by atoms with E-state index >= 15 is 0 Å². The number of hydrogen-bond acceptors (Lipinski definition) is 4. The van der Waals surface area contributed by atoms with Crippen molar-refractivity contribution in [1.29, 1.82) is 0 Å². The van der Waals surface area contributed by atoms with Crippen molar-refractivity contribution in [2.75, 3.05) is 0 Å². The Kier molecular flexibility index (Phi) is 1.91. The lowest BCUT2D eigenvalue weighted by Crippen LogP contribution is -2.20. The number of pyridine rings is 1. The predicted molar refractivity (Wildman–Crippen MR) is 57.0 cm³/mol. The molecule has 3 rings (SSSR count). The van der Waals surface area contributed by atoms with Crippen LogP contribution >= 0.6 is 0 Å². The maximum atomic E-state index is 11.2. The van der Waals surface area contributed by atoms with Gasteiger partial charge in [0, 0.05) is 17.1 Å². The molecule has 80 valence electrons. The average Bonchev–Trinajstić information content (AvgIpc) is 2.28. The van der Waals surface area contributed by atoms with Crippen molar-refractivity contribution in [3.8, 4) is 5.75 Å². The SMILES string of the molecule is O=C1CC(O)c2c(ccc3ncccc23)O1. The van der Waals surface area contributed by atoms with E-state index in [2.05, 4.69) is 4.98 Å². The summed E-state index contributed by atoms with van der Waals surface area (Å²) >= 11 is 0. The van der Waals surface area contributed by atoms with Crippen LogP contribution in [0.3, 0.4) is 0 Å². The molecule has 16 heavy (non-hydrogen) atoms. The first kappa shape index (κ1) is 9.30. The fourth-order valence-corrected chi connectivity index (χ4v) is 2.01. The molecule has 0 saturated carbocycles. The van der Waals surface area contributed by atoms with Gasteiger partial charge in [-0.15, -0.1) is 0 Å². The molecule has 0 spiro atoms. The lowest BCUT2D eigenvalue weighted by Gasteiger charge is -2.21. The maximum Gasteiger partial charge on any atom is 0.314 e. The van der Waals surface area contributed by atoms with Gasteiger partial charge < -0.3 is 9.84 Å². The largest absolute Gasteiger partial charge is 0.426 e. The van der Waals surface area contributed by atoms with Gasteiger partial charge in [0.1, 0.15) is 5.75 Å². The number of carbonyl (C=O) groups is 1. The fourth-order valence-electron chi connectivity index (χ4n) is 2.01. The van der Waals surface area contributed by atoms with E-state index in [0.29, 0.717) is 11.3 Å². The molecule has 1 aromatic carbocycles. The normalized spacial score (nSPS) is 19.3. The summed E-state index contributed by atoms with van der Waals surface area (Å²) in [6.45, 7) is 0. The summed E-state index contributed by atoms with van der Waals surface area (Å²) in [4.78, 5) is 15.4. The summed E-state index contributed by atoms with van der Waals surface area (Å²) in [7, 11) is 0. The Bertz CT molecular complexity index is 579. The number of aliphatic hydroxyl groups excluding tert-OH is 1. The van der Waals surface area contributed by atoms with E-state index in [0.717, 1.165) is 10.9 Å². The molecule has 1 aliphatic rings. The zero-order valence-corrected chi connectivity index (χ0v) is 8.38. The third-order valence-electron chi connectivity index (χ3n) is 2.70. The number of fused-ring (bicyclic) bond motifs is 3. The number of aromatic nitrogens is 1. The highest BCUT2D eigenvalue weighted by Gasteiger charge is 2.27. The first-order chi connectivity index (χ1) is 7.75. The van der Waals surface area contributed by atoms with Crippen LogP contribution in [0.5, 0.6) is 5.75 Å². The monoisotopic (exact) mass is 215 g/mol. The van der Waals surface area contributed by atoms with Crippen LogP contribution in [0.25, 0.3) is 10.9 Å². The van der Waals surface area contributed by atoms with Gasteiger partial charge in [0.25, 0.3) is 0 Å². The first-order valence-electron chi connectivity index (χ1n) is 5.02. The van der Waals surface area contributed by atoms with E-state index in [4.69, 9.17) is 4.74 Å². The molecule has 0 saturated heterocycles. The molecule has 1 aromatic heterocycles. The Hall–Kier alpha value is -1.94. The van der Waals surface area contributed by atoms with Crippen LogP contribution in [0.15, 0.2) is 30.5 Å². The third-order valence-corrected chi connectivity index (χ3v) is 2.70. The molecule has 2 aromatic rings. The van der Waals surface area contributed by atoms with Crippen LogP contribution in [0, 0.1) is 0 Å². The smallest absolute Gasteiger partial charge is 0.314 e. The molecule has 4 heteroatoms. The molecular weight excluding hydrogens is 206 g/mol. The summed E-state index contributed by atoms with van der Waals surface area (Å²) in [5.41, 5.74) is 1.45. The molecule has 1 aliphatic heterocycles. The van der Waals surface area contributed by atoms with Crippen molar-refractivity contribution in [3.05, 3.63) is 36.0 Å². The zero-order valence-electron chi connectivity index (χ0n) is 8.38. The topological polar surface area (TPSA) is 59.4 Å². The molecule has 4 nitrogen and oxygen atoms in total. The Morgan fingerprint density at radius 2 is 2.25 bits per heavy atom. The Balaban J connectivity index is 2.33. The Morgan fingerprint density at radius 3 is 3.12 bits per heavy atom. The van der Waals surface area contributed by atoms with Gasteiger partial charge >= 0.3 is 5.97 Å². The number of rotatable bonds is 0. The fraction of sp³-hybridized carbons (Fsp3) is 0.167. The average molecular weight is 215 g/mol. The molecule has 2 heterocycles.